The molecule has 20 heteroatoms. The minimum atomic E-state index is -3.89. The summed E-state index contributed by atoms with van der Waals surface area (Å²) in [4.78, 5) is 49.7. The SMILES string of the molecule is CC[C@H]1CN(c2ccc(N3CCCCC3)c(F)c2)C(=O)O1.O=C1O[C@@H](CO)CN1c1ccc(N2CCNCC2)c(F)c1.O=CCc1ccccc1.O=[N+]([O-])c1cccc(S(=O)(=O)Cl)c1. The third kappa shape index (κ3) is 13.8. The summed E-state index contributed by atoms with van der Waals surface area (Å²) in [5.41, 5.74) is 2.99. The van der Waals surface area contributed by atoms with E-state index in [4.69, 9.17) is 25.3 Å². The van der Waals surface area contributed by atoms with Gasteiger partial charge in [-0.2, -0.15) is 0 Å². The van der Waals surface area contributed by atoms with E-state index in [-0.39, 0.29) is 47.6 Å². The lowest BCUT2D eigenvalue weighted by Gasteiger charge is -2.30. The maximum atomic E-state index is 14.4. The highest BCUT2D eigenvalue weighted by molar-refractivity contribution is 8.13. The Morgan fingerprint density at radius 3 is 1.81 bits per heavy atom. The van der Waals surface area contributed by atoms with Crippen LogP contribution in [0, 0.1) is 21.7 Å². The lowest BCUT2D eigenvalue weighted by atomic mass is 10.1. The Labute approximate surface area is 374 Å². The fourth-order valence-electron chi connectivity index (χ4n) is 7.11. The number of nitrogens with one attached hydrogen (secondary N) is 1. The van der Waals surface area contributed by atoms with Gasteiger partial charge in [0.05, 0.1) is 52.3 Å². The number of cyclic esters (lactones) is 2. The molecule has 8 rings (SSSR count). The molecule has 4 aliphatic heterocycles. The molecule has 0 aromatic heterocycles. The van der Waals surface area contributed by atoms with Gasteiger partial charge in [-0.15, -0.1) is 0 Å². The van der Waals surface area contributed by atoms with Gasteiger partial charge in [0.25, 0.3) is 14.7 Å². The molecular formula is C44H51ClF2N6O10S. The van der Waals surface area contributed by atoms with Crippen LogP contribution in [0.2, 0.25) is 0 Å². The highest BCUT2D eigenvalue weighted by Crippen LogP contribution is 2.31. The Kier molecular flexibility index (Phi) is 18.2. The third-order valence-electron chi connectivity index (χ3n) is 10.5. The van der Waals surface area contributed by atoms with Crippen molar-refractivity contribution in [1.82, 2.24) is 5.32 Å². The van der Waals surface area contributed by atoms with Gasteiger partial charge < -0.3 is 34.5 Å². The van der Waals surface area contributed by atoms with E-state index in [0.717, 1.165) is 76.4 Å². The molecule has 344 valence electrons. The predicted molar refractivity (Wildman–Crippen MR) is 239 cm³/mol. The zero-order valence-corrected chi connectivity index (χ0v) is 36.8. The van der Waals surface area contributed by atoms with Crippen molar-refractivity contribution >= 4 is 66.6 Å². The summed E-state index contributed by atoms with van der Waals surface area (Å²) in [6.07, 6.45) is 4.07. The molecule has 0 saturated carbocycles. The summed E-state index contributed by atoms with van der Waals surface area (Å²) in [6, 6.07) is 24.0. The second kappa shape index (κ2) is 23.7. The number of nitro groups is 1. The maximum absolute atomic E-state index is 14.4. The Hall–Kier alpha value is -5.89. The Bertz CT molecular complexity index is 2230. The highest BCUT2D eigenvalue weighted by Gasteiger charge is 2.33. The van der Waals surface area contributed by atoms with Crippen molar-refractivity contribution in [1.29, 1.82) is 0 Å². The van der Waals surface area contributed by atoms with Crippen molar-refractivity contribution in [3.63, 3.8) is 0 Å². The second-order valence-electron chi connectivity index (χ2n) is 14.9. The Morgan fingerprint density at radius 1 is 0.797 bits per heavy atom. The Balaban J connectivity index is 0.000000169. The fraction of sp³-hybridized carbons (Fsp3) is 0.386. The van der Waals surface area contributed by atoms with Crippen LogP contribution in [0.4, 0.5) is 46.8 Å². The molecule has 0 unspecified atom stereocenters. The number of aldehydes is 1. The van der Waals surface area contributed by atoms with Crippen LogP contribution in [-0.4, -0.2) is 108 Å². The molecule has 4 saturated heterocycles. The topological polar surface area (TPSA) is 192 Å². The van der Waals surface area contributed by atoms with Gasteiger partial charge in [0.2, 0.25) is 0 Å². The smallest absolute Gasteiger partial charge is 0.414 e. The number of nitro benzene ring substituents is 1. The van der Waals surface area contributed by atoms with Crippen LogP contribution in [0.3, 0.4) is 0 Å². The molecule has 4 heterocycles. The zero-order chi connectivity index (χ0) is 46.2. The molecule has 4 aliphatic rings. The monoisotopic (exact) mass is 928 g/mol. The number of carbonyl (C=O) groups is 3. The van der Waals surface area contributed by atoms with Crippen molar-refractivity contribution in [2.75, 3.05) is 78.6 Å². The summed E-state index contributed by atoms with van der Waals surface area (Å²) < 4.78 is 60.4. The highest BCUT2D eigenvalue weighted by atomic mass is 35.7. The number of rotatable bonds is 10. The molecule has 16 nitrogen and oxygen atoms in total. The van der Waals surface area contributed by atoms with E-state index in [1.54, 1.807) is 18.2 Å². The first-order chi connectivity index (χ1) is 30.7. The number of anilines is 4. The number of halogens is 3. The molecule has 0 bridgehead atoms. The van der Waals surface area contributed by atoms with Crippen molar-refractivity contribution in [2.45, 2.75) is 56.1 Å². The number of aliphatic hydroxyl groups excluding tert-OH is 1. The lowest BCUT2D eigenvalue weighted by Crippen LogP contribution is -2.43. The summed E-state index contributed by atoms with van der Waals surface area (Å²) in [5, 5.41) is 22.5. The molecule has 64 heavy (non-hydrogen) atoms. The summed E-state index contributed by atoms with van der Waals surface area (Å²) in [6.45, 7) is 7.46. The van der Waals surface area contributed by atoms with E-state index in [1.165, 1.54) is 46.6 Å². The van der Waals surface area contributed by atoms with Gasteiger partial charge in [-0.3, -0.25) is 19.9 Å². The number of carbonyl (C=O) groups excluding carboxylic acids is 3. The number of hydrogen-bond donors (Lipinski definition) is 2. The number of amides is 2. The molecule has 2 N–H and O–H groups in total. The van der Waals surface area contributed by atoms with Crippen molar-refractivity contribution in [3.8, 4) is 0 Å². The molecule has 0 radical (unpaired) electrons. The van der Waals surface area contributed by atoms with Gasteiger partial charge in [0, 0.05) is 68.5 Å². The van der Waals surface area contributed by atoms with Crippen molar-refractivity contribution in [3.05, 3.63) is 118 Å². The van der Waals surface area contributed by atoms with Gasteiger partial charge in [0.15, 0.2) is 0 Å². The molecule has 2 atom stereocenters. The van der Waals surface area contributed by atoms with Crippen LogP contribution in [-0.2, 0) is 29.7 Å². The number of non-ortho nitro benzene ring substituents is 1. The Morgan fingerprint density at radius 2 is 1.34 bits per heavy atom. The number of nitrogens with zero attached hydrogens (tertiary/aromatic N) is 5. The first-order valence-electron chi connectivity index (χ1n) is 20.8. The fourth-order valence-corrected chi connectivity index (χ4v) is 7.90. The molecule has 2 amide bonds. The van der Waals surface area contributed by atoms with E-state index < -0.39 is 26.2 Å². The van der Waals surface area contributed by atoms with Crippen LogP contribution >= 0.6 is 10.7 Å². The molecule has 4 aromatic rings. The van der Waals surface area contributed by atoms with Crippen LogP contribution in [0.5, 0.6) is 0 Å². The summed E-state index contributed by atoms with van der Waals surface area (Å²) >= 11 is 0. The standard InChI is InChI=1S/C16H21FN2O2.C14H18FN3O3.C8H8O.C6H4ClNO4S/c1-2-13-11-19(16(20)21-13)12-6-7-15(14(17)10-12)18-8-4-3-5-9-18;15-12-7-10(18-8-11(9-19)21-14(18)20)1-2-13(12)17-5-3-16-4-6-17;9-7-6-8-4-2-1-3-5-8;7-13(11,12)6-3-1-2-5(4-6)8(9)10/h6-7,10,13H,2-5,8-9,11H2,1H3;1-2,7,11,16,19H,3-6,8-9H2;1-5,7H,6H2;1-4H/t13-;11-;;/m01../s1. The van der Waals surface area contributed by atoms with E-state index in [1.807, 2.05) is 48.2 Å². The first kappa shape index (κ1) is 49.1. The van der Waals surface area contributed by atoms with Crippen molar-refractivity contribution in [2.24, 2.45) is 0 Å². The van der Waals surface area contributed by atoms with E-state index in [2.05, 4.69) is 10.2 Å². The normalized spacial score (nSPS) is 18.3. The summed E-state index contributed by atoms with van der Waals surface area (Å²) in [5.74, 6) is -0.614. The minimum absolute atomic E-state index is 0.0951. The van der Waals surface area contributed by atoms with Gasteiger partial charge in [-0.25, -0.2) is 26.8 Å². The molecular weight excluding hydrogens is 878 g/mol. The quantitative estimate of drug-likeness (QED) is 0.0712. The largest absolute Gasteiger partial charge is 0.444 e. The van der Waals surface area contributed by atoms with Gasteiger partial charge >= 0.3 is 12.2 Å². The van der Waals surface area contributed by atoms with Gasteiger partial charge in [-0.05, 0) is 73.7 Å². The third-order valence-corrected chi connectivity index (χ3v) is 11.9. The van der Waals surface area contributed by atoms with E-state index in [0.29, 0.717) is 35.7 Å². The molecule has 0 spiro atoms. The van der Waals surface area contributed by atoms with Crippen LogP contribution in [0.15, 0.2) is 95.9 Å². The molecule has 4 fully saturated rings. The molecule has 0 aliphatic carbocycles. The number of piperazine rings is 1. The van der Waals surface area contributed by atoms with Gasteiger partial charge in [-0.1, -0.05) is 43.3 Å². The van der Waals surface area contributed by atoms with Gasteiger partial charge in [0.1, 0.15) is 30.1 Å². The van der Waals surface area contributed by atoms with Crippen molar-refractivity contribution < 1.29 is 51.1 Å². The molecule has 4 aromatic carbocycles. The van der Waals surface area contributed by atoms with Crippen LogP contribution < -0.4 is 24.9 Å². The van der Waals surface area contributed by atoms with Crippen LogP contribution in [0.1, 0.15) is 38.2 Å². The number of ether oxygens (including phenoxy) is 2. The number of aliphatic hydroxyl groups is 1. The second-order valence-corrected chi connectivity index (χ2v) is 17.5. The zero-order valence-electron chi connectivity index (χ0n) is 35.2. The van der Waals surface area contributed by atoms with E-state index in [9.17, 15) is 41.7 Å². The number of hydrogen-bond acceptors (Lipinski definition) is 13. The number of piperidine rings is 1. The first-order valence-corrected chi connectivity index (χ1v) is 23.1. The van der Waals surface area contributed by atoms with Crippen LogP contribution in [0.25, 0.3) is 0 Å². The average molecular weight is 929 g/mol. The minimum Gasteiger partial charge on any atom is -0.444 e. The predicted octanol–water partition coefficient (Wildman–Crippen LogP) is 7.05. The average Bonchev–Trinajstić information content (AvgIpc) is 3.89. The number of benzene rings is 4. The van der Waals surface area contributed by atoms with E-state index >= 15 is 0 Å². The lowest BCUT2D eigenvalue weighted by molar-refractivity contribution is -0.385. The maximum Gasteiger partial charge on any atom is 0.414 e. The summed E-state index contributed by atoms with van der Waals surface area (Å²) in [7, 11) is 1.09.